The largest absolute Gasteiger partial charge is 0.494 e. The lowest BCUT2D eigenvalue weighted by Crippen LogP contribution is -1.98. The van der Waals surface area contributed by atoms with Gasteiger partial charge in [-0.3, -0.25) is 0 Å². The number of hydrogen-bond acceptors (Lipinski definition) is 1. The summed E-state index contributed by atoms with van der Waals surface area (Å²) in [4.78, 5) is 0.235. The molecule has 100 valence electrons. The van der Waals surface area contributed by atoms with E-state index in [4.69, 9.17) is 4.74 Å². The van der Waals surface area contributed by atoms with Crippen LogP contribution in [0.5, 0.6) is 5.75 Å². The predicted molar refractivity (Wildman–Crippen MR) is 84.2 cm³/mol. The summed E-state index contributed by atoms with van der Waals surface area (Å²) in [5.41, 5.74) is 3.98. The smallest absolute Gasteiger partial charge is 0.119 e. The van der Waals surface area contributed by atoms with Gasteiger partial charge in [-0.15, -0.1) is 0 Å². The number of alkyl halides is 1. The third-order valence-electron chi connectivity index (χ3n) is 3.19. The molecule has 1 unspecified atom stereocenters. The molecule has 0 saturated heterocycles. The van der Waals surface area contributed by atoms with Crippen LogP contribution in [0.15, 0.2) is 48.5 Å². The fraction of sp³-hybridized carbons (Fsp3) is 0.294. The molecule has 0 aliphatic heterocycles. The van der Waals surface area contributed by atoms with Crippen LogP contribution >= 0.6 is 15.9 Å². The van der Waals surface area contributed by atoms with Crippen molar-refractivity contribution in [1.29, 1.82) is 0 Å². The molecule has 19 heavy (non-hydrogen) atoms. The second kappa shape index (κ2) is 6.76. The van der Waals surface area contributed by atoms with E-state index in [-0.39, 0.29) is 4.83 Å². The molecule has 0 amide bonds. The minimum absolute atomic E-state index is 0.235. The third kappa shape index (κ3) is 3.38. The number of benzene rings is 2. The first kappa shape index (κ1) is 14.1. The number of hydrogen-bond donors (Lipinski definition) is 0. The van der Waals surface area contributed by atoms with E-state index < -0.39 is 0 Å². The highest BCUT2D eigenvalue weighted by molar-refractivity contribution is 9.09. The third-order valence-corrected chi connectivity index (χ3v) is 4.21. The van der Waals surface area contributed by atoms with Crippen molar-refractivity contribution >= 4 is 15.9 Å². The lowest BCUT2D eigenvalue weighted by molar-refractivity contribution is 0.340. The summed E-state index contributed by atoms with van der Waals surface area (Å²) < 4.78 is 5.48. The van der Waals surface area contributed by atoms with Gasteiger partial charge in [-0.25, -0.2) is 0 Å². The molecule has 0 aliphatic carbocycles. The zero-order valence-electron chi connectivity index (χ0n) is 11.4. The molecule has 0 radical (unpaired) electrons. The van der Waals surface area contributed by atoms with Crippen molar-refractivity contribution in [2.75, 3.05) is 6.61 Å². The number of halogens is 1. The zero-order chi connectivity index (χ0) is 13.7. The van der Waals surface area contributed by atoms with Crippen molar-refractivity contribution in [2.45, 2.75) is 25.1 Å². The first-order valence-electron chi connectivity index (χ1n) is 6.70. The van der Waals surface area contributed by atoms with Gasteiger partial charge in [-0.1, -0.05) is 59.3 Å². The zero-order valence-corrected chi connectivity index (χ0v) is 13.0. The molecular formula is C17H19BrO. The van der Waals surface area contributed by atoms with Crippen LogP contribution < -0.4 is 4.74 Å². The van der Waals surface area contributed by atoms with Crippen LogP contribution in [0.2, 0.25) is 0 Å². The van der Waals surface area contributed by atoms with Crippen molar-refractivity contribution in [3.05, 3.63) is 65.2 Å². The Morgan fingerprint density at radius 1 is 1.00 bits per heavy atom. The van der Waals surface area contributed by atoms with Gasteiger partial charge in [0.25, 0.3) is 0 Å². The van der Waals surface area contributed by atoms with E-state index in [1.165, 1.54) is 16.7 Å². The van der Waals surface area contributed by atoms with E-state index in [0.29, 0.717) is 6.61 Å². The highest BCUT2D eigenvalue weighted by Gasteiger charge is 2.13. The summed E-state index contributed by atoms with van der Waals surface area (Å²) in [5.74, 6) is 0.926. The van der Waals surface area contributed by atoms with Gasteiger partial charge in [-0.2, -0.15) is 0 Å². The number of rotatable bonds is 5. The Kier molecular flexibility index (Phi) is 5.03. The summed E-state index contributed by atoms with van der Waals surface area (Å²) in [6.45, 7) is 4.89. The summed E-state index contributed by atoms with van der Waals surface area (Å²) in [5, 5.41) is 0. The van der Waals surface area contributed by atoms with Crippen LogP contribution in [0, 0.1) is 0 Å². The van der Waals surface area contributed by atoms with Gasteiger partial charge in [-0.05, 0) is 42.2 Å². The molecule has 0 N–H and O–H groups in total. The van der Waals surface area contributed by atoms with Crippen molar-refractivity contribution in [1.82, 2.24) is 0 Å². The van der Waals surface area contributed by atoms with Gasteiger partial charge in [0.2, 0.25) is 0 Å². The van der Waals surface area contributed by atoms with Crippen LogP contribution in [0.3, 0.4) is 0 Å². The van der Waals surface area contributed by atoms with Gasteiger partial charge >= 0.3 is 0 Å². The highest BCUT2D eigenvalue weighted by atomic mass is 79.9. The Balaban J connectivity index is 2.25. The summed E-state index contributed by atoms with van der Waals surface area (Å²) >= 11 is 3.81. The van der Waals surface area contributed by atoms with E-state index >= 15 is 0 Å². The van der Waals surface area contributed by atoms with Crippen LogP contribution in [0.25, 0.3) is 0 Å². The van der Waals surface area contributed by atoms with Crippen LogP contribution in [0.4, 0.5) is 0 Å². The summed E-state index contributed by atoms with van der Waals surface area (Å²) in [7, 11) is 0. The van der Waals surface area contributed by atoms with Gasteiger partial charge in [0, 0.05) is 0 Å². The van der Waals surface area contributed by atoms with Crippen LogP contribution in [-0.4, -0.2) is 6.61 Å². The normalized spacial score (nSPS) is 12.2. The monoisotopic (exact) mass is 318 g/mol. The van der Waals surface area contributed by atoms with Crippen molar-refractivity contribution in [2.24, 2.45) is 0 Å². The summed E-state index contributed by atoms with van der Waals surface area (Å²) in [6.07, 6.45) is 1.05. The fourth-order valence-electron chi connectivity index (χ4n) is 2.18. The average Bonchev–Trinajstić information content (AvgIpc) is 2.47. The van der Waals surface area contributed by atoms with E-state index in [9.17, 15) is 0 Å². The Morgan fingerprint density at radius 3 is 2.32 bits per heavy atom. The van der Waals surface area contributed by atoms with Gasteiger partial charge in [0.1, 0.15) is 5.75 Å². The molecule has 2 aromatic rings. The van der Waals surface area contributed by atoms with Crippen LogP contribution in [0.1, 0.15) is 35.4 Å². The van der Waals surface area contributed by atoms with E-state index in [2.05, 4.69) is 59.3 Å². The molecule has 0 saturated carbocycles. The van der Waals surface area contributed by atoms with Crippen molar-refractivity contribution in [3.63, 3.8) is 0 Å². The van der Waals surface area contributed by atoms with Gasteiger partial charge < -0.3 is 4.74 Å². The predicted octanol–water partition coefficient (Wildman–Crippen LogP) is 5.13. The molecule has 1 nitrogen and oxygen atoms in total. The molecule has 0 fully saturated rings. The topological polar surface area (TPSA) is 9.23 Å². The lowest BCUT2D eigenvalue weighted by Gasteiger charge is -2.15. The molecular weight excluding hydrogens is 300 g/mol. The minimum Gasteiger partial charge on any atom is -0.494 e. The van der Waals surface area contributed by atoms with Crippen molar-refractivity contribution in [3.8, 4) is 5.75 Å². The van der Waals surface area contributed by atoms with Crippen molar-refractivity contribution < 1.29 is 4.74 Å². The van der Waals surface area contributed by atoms with E-state index in [1.54, 1.807) is 0 Å². The number of ether oxygens (including phenoxy) is 1. The first-order chi connectivity index (χ1) is 9.26. The average molecular weight is 319 g/mol. The van der Waals surface area contributed by atoms with Gasteiger partial charge in [0.05, 0.1) is 11.4 Å². The molecule has 1 atom stereocenters. The maximum absolute atomic E-state index is 5.48. The molecule has 2 aromatic carbocycles. The maximum atomic E-state index is 5.48. The molecule has 0 spiro atoms. The molecule has 2 heteroatoms. The standard InChI is InChI=1S/C17H19BrO/c1-3-13-7-5-6-8-16(13)17(18)14-9-11-15(12-10-14)19-4-2/h5-12,17H,3-4H2,1-2H3. The Labute approximate surface area is 123 Å². The number of aryl methyl sites for hydroxylation is 1. The molecule has 0 aliphatic rings. The second-order valence-corrected chi connectivity index (χ2v) is 5.33. The van der Waals surface area contributed by atoms with E-state index in [0.717, 1.165) is 12.2 Å². The van der Waals surface area contributed by atoms with E-state index in [1.807, 2.05) is 19.1 Å². The minimum atomic E-state index is 0.235. The molecule has 0 bridgehead atoms. The Morgan fingerprint density at radius 2 is 1.68 bits per heavy atom. The SMILES string of the molecule is CCOc1ccc(C(Br)c2ccccc2CC)cc1. The molecule has 2 rings (SSSR count). The molecule has 0 aromatic heterocycles. The highest BCUT2D eigenvalue weighted by Crippen LogP contribution is 2.33. The first-order valence-corrected chi connectivity index (χ1v) is 7.62. The summed E-state index contributed by atoms with van der Waals surface area (Å²) in [6, 6.07) is 16.9. The van der Waals surface area contributed by atoms with Gasteiger partial charge in [0.15, 0.2) is 0 Å². The fourth-order valence-corrected chi connectivity index (χ4v) is 2.93. The van der Waals surface area contributed by atoms with Crippen LogP contribution in [-0.2, 0) is 6.42 Å². The molecule has 0 heterocycles. The Hall–Kier alpha value is -1.28. The maximum Gasteiger partial charge on any atom is 0.119 e. The quantitative estimate of drug-likeness (QED) is 0.694. The second-order valence-electron chi connectivity index (χ2n) is 4.42. The Bertz CT molecular complexity index is 519. The lowest BCUT2D eigenvalue weighted by atomic mass is 9.98.